The molecule has 2 atom stereocenters. The minimum atomic E-state index is -0.00628. The number of carbonyl (C=O) groups excluding carboxylic acids is 1. The number of halogens is 1. The van der Waals surface area contributed by atoms with E-state index in [4.69, 9.17) is 0 Å². The predicted octanol–water partition coefficient (Wildman–Crippen LogP) is 3.54. The molecule has 3 nitrogen and oxygen atoms in total. The Kier molecular flexibility index (Phi) is 7.57. The van der Waals surface area contributed by atoms with Crippen molar-refractivity contribution in [1.82, 2.24) is 10.6 Å². The van der Waals surface area contributed by atoms with Gasteiger partial charge in [-0.3, -0.25) is 4.79 Å². The molecule has 1 aromatic rings. The Morgan fingerprint density at radius 2 is 1.95 bits per heavy atom. The molecule has 2 unspecified atom stereocenters. The minimum Gasteiger partial charge on any atom is -0.348 e. The monoisotopic (exact) mass is 328 g/mol. The van der Waals surface area contributed by atoms with Gasteiger partial charge in [-0.15, -0.1) is 24.2 Å². The molecule has 1 aliphatic heterocycles. The summed E-state index contributed by atoms with van der Waals surface area (Å²) in [6.07, 6.45) is 2.04. The largest absolute Gasteiger partial charge is 0.348 e. The van der Waals surface area contributed by atoms with E-state index in [0.717, 1.165) is 24.9 Å². The second-order valence-electron chi connectivity index (χ2n) is 5.61. The summed E-state index contributed by atoms with van der Waals surface area (Å²) in [7, 11) is 0. The van der Waals surface area contributed by atoms with E-state index in [1.807, 2.05) is 18.7 Å². The summed E-state index contributed by atoms with van der Waals surface area (Å²) in [4.78, 5) is 13.3. The first kappa shape index (κ1) is 18.3. The van der Waals surface area contributed by atoms with Crippen molar-refractivity contribution in [3.63, 3.8) is 0 Å². The van der Waals surface area contributed by atoms with Crippen LogP contribution >= 0.6 is 24.2 Å². The molecule has 1 aliphatic rings. The number of hydrogen-bond donors (Lipinski definition) is 2. The number of nitrogens with one attached hydrogen (secondary N) is 2. The third-order valence-electron chi connectivity index (χ3n) is 3.49. The van der Waals surface area contributed by atoms with Gasteiger partial charge in [-0.25, -0.2) is 0 Å². The maximum Gasteiger partial charge on any atom is 0.237 e. The first-order valence-electron chi connectivity index (χ1n) is 7.36. The van der Waals surface area contributed by atoms with Gasteiger partial charge in [0.1, 0.15) is 0 Å². The van der Waals surface area contributed by atoms with Gasteiger partial charge < -0.3 is 10.6 Å². The van der Waals surface area contributed by atoms with Crippen LogP contribution in [0.2, 0.25) is 0 Å². The average Bonchev–Trinajstić information content (AvgIpc) is 2.92. The Morgan fingerprint density at radius 1 is 1.29 bits per heavy atom. The van der Waals surface area contributed by atoms with E-state index in [9.17, 15) is 4.79 Å². The molecular weight excluding hydrogens is 304 g/mol. The van der Waals surface area contributed by atoms with Crippen LogP contribution in [0.15, 0.2) is 29.2 Å². The Labute approximate surface area is 138 Å². The molecule has 21 heavy (non-hydrogen) atoms. The molecule has 1 saturated heterocycles. The summed E-state index contributed by atoms with van der Waals surface area (Å²) in [5, 5.41) is 6.91. The first-order valence-corrected chi connectivity index (χ1v) is 8.24. The van der Waals surface area contributed by atoms with Gasteiger partial charge in [0.15, 0.2) is 0 Å². The SMILES string of the molecule is CC(C)Sc1ccc(C(C)NC(=O)C2CCCN2)cc1.Cl. The van der Waals surface area contributed by atoms with Crippen molar-refractivity contribution in [2.45, 2.75) is 55.8 Å². The third kappa shape index (κ3) is 5.53. The fourth-order valence-electron chi connectivity index (χ4n) is 2.41. The number of rotatable bonds is 5. The fraction of sp³-hybridized carbons (Fsp3) is 0.562. The molecule has 0 spiro atoms. The molecule has 1 heterocycles. The zero-order chi connectivity index (χ0) is 14.5. The van der Waals surface area contributed by atoms with Crippen LogP contribution in [0.25, 0.3) is 0 Å². The van der Waals surface area contributed by atoms with Crippen LogP contribution in [0, 0.1) is 0 Å². The summed E-state index contributed by atoms with van der Waals surface area (Å²) in [5.74, 6) is 0.121. The van der Waals surface area contributed by atoms with Crippen molar-refractivity contribution in [2.24, 2.45) is 0 Å². The van der Waals surface area contributed by atoms with E-state index < -0.39 is 0 Å². The lowest BCUT2D eigenvalue weighted by molar-refractivity contribution is -0.123. The van der Waals surface area contributed by atoms with Crippen molar-refractivity contribution < 1.29 is 4.79 Å². The van der Waals surface area contributed by atoms with Gasteiger partial charge >= 0.3 is 0 Å². The maximum absolute atomic E-state index is 12.1. The molecule has 2 rings (SSSR count). The normalized spacial score (nSPS) is 19.1. The summed E-state index contributed by atoms with van der Waals surface area (Å²) >= 11 is 1.86. The van der Waals surface area contributed by atoms with Gasteiger partial charge in [-0.2, -0.15) is 0 Å². The van der Waals surface area contributed by atoms with Crippen LogP contribution in [0.5, 0.6) is 0 Å². The standard InChI is InChI=1S/C16H24N2OS.ClH/c1-11(2)20-14-8-6-13(7-9-14)12(3)18-16(19)15-5-4-10-17-15;/h6-9,11-12,15,17H,4-5,10H2,1-3H3,(H,18,19);1H. The lowest BCUT2D eigenvalue weighted by Gasteiger charge is -2.18. The topological polar surface area (TPSA) is 41.1 Å². The van der Waals surface area contributed by atoms with Crippen LogP contribution < -0.4 is 10.6 Å². The summed E-state index contributed by atoms with van der Waals surface area (Å²) < 4.78 is 0. The Hall–Kier alpha value is -0.710. The van der Waals surface area contributed by atoms with Crippen LogP contribution in [0.4, 0.5) is 0 Å². The molecule has 1 amide bonds. The Balaban J connectivity index is 0.00000220. The van der Waals surface area contributed by atoms with E-state index in [1.54, 1.807) is 0 Å². The number of carbonyl (C=O) groups is 1. The molecule has 118 valence electrons. The first-order chi connectivity index (χ1) is 9.56. The smallest absolute Gasteiger partial charge is 0.237 e. The molecule has 0 saturated carbocycles. The molecular formula is C16H25ClN2OS. The Morgan fingerprint density at radius 3 is 2.48 bits per heavy atom. The van der Waals surface area contributed by atoms with E-state index >= 15 is 0 Å². The van der Waals surface area contributed by atoms with Gasteiger partial charge in [-0.1, -0.05) is 26.0 Å². The predicted molar refractivity (Wildman–Crippen MR) is 92.3 cm³/mol. The van der Waals surface area contributed by atoms with Gasteiger partial charge in [0.05, 0.1) is 12.1 Å². The lowest BCUT2D eigenvalue weighted by Crippen LogP contribution is -2.41. The van der Waals surface area contributed by atoms with Gasteiger partial charge in [0.2, 0.25) is 5.91 Å². The zero-order valence-electron chi connectivity index (χ0n) is 12.9. The van der Waals surface area contributed by atoms with Crippen molar-refractivity contribution in [2.75, 3.05) is 6.54 Å². The molecule has 2 N–H and O–H groups in total. The highest BCUT2D eigenvalue weighted by Crippen LogP contribution is 2.24. The quantitative estimate of drug-likeness (QED) is 0.812. The summed E-state index contributed by atoms with van der Waals surface area (Å²) in [6, 6.07) is 8.54. The number of hydrogen-bond acceptors (Lipinski definition) is 3. The second-order valence-corrected chi connectivity index (χ2v) is 7.26. The molecule has 0 bridgehead atoms. The Bertz CT molecular complexity index is 444. The highest BCUT2D eigenvalue weighted by atomic mass is 35.5. The zero-order valence-corrected chi connectivity index (χ0v) is 14.5. The van der Waals surface area contributed by atoms with Crippen LogP contribution in [0.3, 0.4) is 0 Å². The highest BCUT2D eigenvalue weighted by Gasteiger charge is 2.23. The molecule has 0 aromatic heterocycles. The van der Waals surface area contributed by atoms with Gasteiger partial charge in [0.25, 0.3) is 0 Å². The summed E-state index contributed by atoms with van der Waals surface area (Å²) in [5.41, 5.74) is 1.16. The second kappa shape index (κ2) is 8.66. The van der Waals surface area contributed by atoms with Crippen molar-refractivity contribution in [1.29, 1.82) is 0 Å². The van der Waals surface area contributed by atoms with E-state index in [0.29, 0.717) is 5.25 Å². The highest BCUT2D eigenvalue weighted by molar-refractivity contribution is 7.99. The van der Waals surface area contributed by atoms with Crippen molar-refractivity contribution in [3.8, 4) is 0 Å². The van der Waals surface area contributed by atoms with E-state index in [1.165, 1.54) is 4.90 Å². The van der Waals surface area contributed by atoms with Crippen LogP contribution in [-0.4, -0.2) is 23.7 Å². The average molecular weight is 329 g/mol. The minimum absolute atomic E-state index is 0. The molecule has 5 heteroatoms. The summed E-state index contributed by atoms with van der Waals surface area (Å²) in [6.45, 7) is 7.37. The van der Waals surface area contributed by atoms with Crippen LogP contribution in [0.1, 0.15) is 45.2 Å². The van der Waals surface area contributed by atoms with Gasteiger partial charge in [0, 0.05) is 10.1 Å². The van der Waals surface area contributed by atoms with Gasteiger partial charge in [-0.05, 0) is 44.0 Å². The van der Waals surface area contributed by atoms with E-state index in [2.05, 4.69) is 48.7 Å². The van der Waals surface area contributed by atoms with E-state index in [-0.39, 0.29) is 30.4 Å². The molecule has 0 aliphatic carbocycles. The fourth-order valence-corrected chi connectivity index (χ4v) is 3.25. The maximum atomic E-state index is 12.1. The number of benzene rings is 1. The molecule has 1 aromatic carbocycles. The third-order valence-corrected chi connectivity index (χ3v) is 4.50. The van der Waals surface area contributed by atoms with Crippen molar-refractivity contribution in [3.05, 3.63) is 29.8 Å². The van der Waals surface area contributed by atoms with Crippen LogP contribution in [-0.2, 0) is 4.79 Å². The molecule has 1 fully saturated rings. The lowest BCUT2D eigenvalue weighted by atomic mass is 10.1. The molecule has 0 radical (unpaired) electrons. The van der Waals surface area contributed by atoms with Crippen molar-refractivity contribution >= 4 is 30.1 Å². The number of thioether (sulfide) groups is 1. The number of amides is 1.